The fourth-order valence-corrected chi connectivity index (χ4v) is 2.07. The molecule has 2 rings (SSSR count). The largest absolute Gasteiger partial charge is 0.452 e. The molecule has 1 aromatic carbocycles. The van der Waals surface area contributed by atoms with Crippen LogP contribution in [0.5, 0.6) is 0 Å². The number of hydrogen-bond donors (Lipinski definition) is 3. The highest BCUT2D eigenvalue weighted by atomic mass is 32.1. The van der Waals surface area contributed by atoms with Gasteiger partial charge in [-0.25, -0.2) is 25.4 Å². The summed E-state index contributed by atoms with van der Waals surface area (Å²) in [5.74, 6) is 0. The number of hydrogen-bond acceptors (Lipinski definition) is 5. The molecular weight excluding hydrogens is 280 g/mol. The van der Waals surface area contributed by atoms with E-state index >= 15 is 0 Å². The lowest BCUT2D eigenvalue weighted by atomic mass is 10.2. The number of nitrogens with one attached hydrogen (secondary N) is 3. The third-order valence-electron chi connectivity index (χ3n) is 2.26. The number of amides is 3. The van der Waals surface area contributed by atoms with Crippen LogP contribution in [0, 0.1) is 0 Å². The van der Waals surface area contributed by atoms with Gasteiger partial charge >= 0.3 is 12.1 Å². The predicted molar refractivity (Wildman–Crippen MR) is 75.2 cm³/mol. The molecule has 0 atom stereocenters. The summed E-state index contributed by atoms with van der Waals surface area (Å²) < 4.78 is 4.31. The number of anilines is 1. The minimum Gasteiger partial charge on any atom is -0.452 e. The van der Waals surface area contributed by atoms with E-state index in [0.717, 1.165) is 11.3 Å². The minimum atomic E-state index is -0.760. The molecule has 20 heavy (non-hydrogen) atoms. The molecule has 0 saturated heterocycles. The van der Waals surface area contributed by atoms with Crippen LogP contribution in [0.2, 0.25) is 0 Å². The predicted octanol–water partition coefficient (Wildman–Crippen LogP) is 2.20. The van der Waals surface area contributed by atoms with Crippen molar-refractivity contribution in [1.29, 1.82) is 0 Å². The molecule has 7 nitrogen and oxygen atoms in total. The Morgan fingerprint density at radius 3 is 2.65 bits per heavy atom. The highest BCUT2D eigenvalue weighted by molar-refractivity contribution is 7.14. The molecule has 0 spiro atoms. The number of aromatic nitrogens is 1. The van der Waals surface area contributed by atoms with Gasteiger partial charge in [-0.05, 0) is 0 Å². The summed E-state index contributed by atoms with van der Waals surface area (Å²) in [6, 6.07) is 8.99. The van der Waals surface area contributed by atoms with E-state index in [2.05, 4.69) is 20.5 Å². The molecule has 1 heterocycles. The van der Waals surface area contributed by atoms with E-state index in [1.807, 2.05) is 41.1 Å². The summed E-state index contributed by atoms with van der Waals surface area (Å²) >= 11 is 1.29. The zero-order valence-electron chi connectivity index (χ0n) is 10.5. The molecular formula is C12H12N4O3S. The van der Waals surface area contributed by atoms with Crippen LogP contribution in [-0.4, -0.2) is 24.2 Å². The van der Waals surface area contributed by atoms with Crippen LogP contribution < -0.4 is 16.2 Å². The summed E-state index contributed by atoms with van der Waals surface area (Å²) in [6.45, 7) is 0. The normalized spacial score (nSPS) is 9.65. The minimum absolute atomic E-state index is 0.424. The maximum absolute atomic E-state index is 11.5. The van der Waals surface area contributed by atoms with E-state index in [-0.39, 0.29) is 0 Å². The first-order chi connectivity index (χ1) is 9.69. The highest BCUT2D eigenvalue weighted by Gasteiger charge is 2.08. The van der Waals surface area contributed by atoms with Crippen molar-refractivity contribution in [3.63, 3.8) is 0 Å². The molecule has 0 aliphatic rings. The second kappa shape index (κ2) is 6.53. The summed E-state index contributed by atoms with van der Waals surface area (Å²) in [5, 5.41) is 4.75. The molecule has 8 heteroatoms. The van der Waals surface area contributed by atoms with Crippen LogP contribution in [0.4, 0.5) is 14.7 Å². The first-order valence-corrected chi connectivity index (χ1v) is 6.49. The van der Waals surface area contributed by atoms with Crippen molar-refractivity contribution in [1.82, 2.24) is 15.8 Å². The molecule has 0 saturated carbocycles. The summed E-state index contributed by atoms with van der Waals surface area (Å²) in [6.07, 6.45) is -0.760. The second-order valence-corrected chi connectivity index (χ2v) is 4.46. The Labute approximate surface area is 118 Å². The van der Waals surface area contributed by atoms with Gasteiger partial charge in [0.2, 0.25) is 0 Å². The van der Waals surface area contributed by atoms with E-state index in [9.17, 15) is 9.59 Å². The number of nitrogens with zero attached hydrogens (tertiary/aromatic N) is 1. The van der Waals surface area contributed by atoms with Crippen LogP contribution >= 0.6 is 11.3 Å². The molecule has 3 N–H and O–H groups in total. The number of thiazole rings is 1. The Balaban J connectivity index is 1.93. The summed E-state index contributed by atoms with van der Waals surface area (Å²) in [4.78, 5) is 26.5. The first kappa shape index (κ1) is 13.8. The fourth-order valence-electron chi connectivity index (χ4n) is 1.36. The topological polar surface area (TPSA) is 92.4 Å². The van der Waals surface area contributed by atoms with Crippen LogP contribution in [0.25, 0.3) is 11.3 Å². The quantitative estimate of drug-likeness (QED) is 0.740. The lowest BCUT2D eigenvalue weighted by molar-refractivity contribution is 0.166. The number of hydrazine groups is 1. The summed E-state index contributed by atoms with van der Waals surface area (Å²) in [7, 11) is 1.20. The number of carbonyl (C=O) groups is 2. The van der Waals surface area contributed by atoms with Crippen molar-refractivity contribution in [2.24, 2.45) is 0 Å². The molecule has 2 aromatic rings. The van der Waals surface area contributed by atoms with Crippen molar-refractivity contribution in [2.75, 3.05) is 12.4 Å². The third kappa shape index (κ3) is 3.69. The lowest BCUT2D eigenvalue weighted by Crippen LogP contribution is -2.43. The number of ether oxygens (including phenoxy) is 1. The van der Waals surface area contributed by atoms with Crippen LogP contribution in [0.1, 0.15) is 0 Å². The molecule has 104 valence electrons. The monoisotopic (exact) mass is 292 g/mol. The SMILES string of the molecule is COC(=O)NNC(=O)Nc1nc(-c2ccccc2)cs1. The Kier molecular flexibility index (Phi) is 4.51. The highest BCUT2D eigenvalue weighted by Crippen LogP contribution is 2.24. The molecule has 0 fully saturated rings. The van der Waals surface area contributed by atoms with Gasteiger partial charge in [-0.3, -0.25) is 5.32 Å². The molecule has 0 aliphatic carbocycles. The van der Waals surface area contributed by atoms with Gasteiger partial charge in [0.25, 0.3) is 0 Å². The lowest BCUT2D eigenvalue weighted by Gasteiger charge is -2.05. The number of benzene rings is 1. The third-order valence-corrected chi connectivity index (χ3v) is 3.02. The standard InChI is InChI=1S/C12H12N4O3S/c1-19-12(18)16-15-10(17)14-11-13-9(7-20-11)8-5-3-2-4-6-8/h2-7H,1H3,(H,16,18)(H2,13,14,15,17). The first-order valence-electron chi connectivity index (χ1n) is 5.61. The van der Waals surface area contributed by atoms with Crippen molar-refractivity contribution >= 4 is 28.6 Å². The Hall–Kier alpha value is -2.61. The number of methoxy groups -OCH3 is 1. The number of urea groups is 1. The molecule has 0 unspecified atom stereocenters. The Morgan fingerprint density at radius 2 is 1.95 bits per heavy atom. The van der Waals surface area contributed by atoms with Crippen molar-refractivity contribution in [3.8, 4) is 11.3 Å². The molecule has 3 amide bonds. The van der Waals surface area contributed by atoms with Gasteiger partial charge in [0, 0.05) is 10.9 Å². The van der Waals surface area contributed by atoms with Gasteiger partial charge in [-0.1, -0.05) is 30.3 Å². The van der Waals surface area contributed by atoms with Crippen molar-refractivity contribution in [3.05, 3.63) is 35.7 Å². The molecule has 0 aliphatic heterocycles. The average Bonchev–Trinajstić information content (AvgIpc) is 2.94. The Morgan fingerprint density at radius 1 is 1.20 bits per heavy atom. The van der Waals surface area contributed by atoms with Crippen LogP contribution in [0.3, 0.4) is 0 Å². The number of carbonyl (C=O) groups excluding carboxylic acids is 2. The van der Waals surface area contributed by atoms with Gasteiger partial charge in [0.1, 0.15) is 0 Å². The van der Waals surface area contributed by atoms with Gasteiger partial charge in [0.05, 0.1) is 12.8 Å². The Bertz CT molecular complexity index is 600. The maximum Gasteiger partial charge on any atom is 0.425 e. The van der Waals surface area contributed by atoms with Gasteiger partial charge in [-0.2, -0.15) is 0 Å². The molecule has 0 bridgehead atoms. The van der Waals surface area contributed by atoms with E-state index in [0.29, 0.717) is 5.13 Å². The zero-order chi connectivity index (χ0) is 14.4. The van der Waals surface area contributed by atoms with E-state index in [1.54, 1.807) is 0 Å². The maximum atomic E-state index is 11.5. The smallest absolute Gasteiger partial charge is 0.425 e. The summed E-state index contributed by atoms with van der Waals surface area (Å²) in [5.41, 5.74) is 5.90. The molecule has 1 aromatic heterocycles. The van der Waals surface area contributed by atoms with E-state index < -0.39 is 12.1 Å². The van der Waals surface area contributed by atoms with Gasteiger partial charge in [-0.15, -0.1) is 11.3 Å². The fraction of sp³-hybridized carbons (Fsp3) is 0.0833. The van der Waals surface area contributed by atoms with Crippen LogP contribution in [0.15, 0.2) is 35.7 Å². The zero-order valence-corrected chi connectivity index (χ0v) is 11.4. The van der Waals surface area contributed by atoms with Crippen molar-refractivity contribution < 1.29 is 14.3 Å². The second-order valence-electron chi connectivity index (χ2n) is 3.60. The van der Waals surface area contributed by atoms with E-state index in [4.69, 9.17) is 0 Å². The van der Waals surface area contributed by atoms with Gasteiger partial charge < -0.3 is 4.74 Å². The van der Waals surface area contributed by atoms with Gasteiger partial charge in [0.15, 0.2) is 5.13 Å². The average molecular weight is 292 g/mol. The molecule has 0 radical (unpaired) electrons. The van der Waals surface area contributed by atoms with E-state index in [1.165, 1.54) is 18.4 Å². The number of rotatable bonds is 2. The van der Waals surface area contributed by atoms with Crippen molar-refractivity contribution in [2.45, 2.75) is 0 Å². The van der Waals surface area contributed by atoms with Crippen LogP contribution in [-0.2, 0) is 4.74 Å².